The molecule has 0 atom stereocenters. The van der Waals surface area contributed by atoms with Gasteiger partial charge in [0.1, 0.15) is 0 Å². The number of carboxylic acids is 1. The highest BCUT2D eigenvalue weighted by atomic mass is 35.5. The minimum atomic E-state index is -0.682. The molecule has 0 spiro atoms. The topological polar surface area (TPSA) is 40.5 Å². The normalized spacial score (nSPS) is 15.1. The summed E-state index contributed by atoms with van der Waals surface area (Å²) in [6, 6.07) is 2.21. The number of hydrogen-bond donors (Lipinski definition) is 1. The lowest BCUT2D eigenvalue weighted by Gasteiger charge is -2.26. The van der Waals surface area contributed by atoms with Crippen molar-refractivity contribution in [3.63, 3.8) is 0 Å². The quantitative estimate of drug-likeness (QED) is 0.840. The van der Waals surface area contributed by atoms with Crippen LogP contribution in [0.3, 0.4) is 0 Å². The van der Waals surface area contributed by atoms with E-state index in [-0.39, 0.29) is 12.4 Å². The Kier molecular flexibility index (Phi) is 5.95. The fraction of sp³-hybridized carbons (Fsp3) is 0.583. The maximum Gasteiger partial charge on any atom is 0.303 e. The largest absolute Gasteiger partial charge is 0.481 e. The Bertz CT molecular complexity index is 367. The minimum absolute atomic E-state index is 0. The molecular weight excluding hydrogens is 258 g/mol. The van der Waals surface area contributed by atoms with Crippen LogP contribution in [-0.2, 0) is 17.8 Å². The van der Waals surface area contributed by atoms with Crippen molar-refractivity contribution in [1.29, 1.82) is 0 Å². The van der Waals surface area contributed by atoms with Crippen molar-refractivity contribution in [3.8, 4) is 0 Å². The third kappa shape index (κ3) is 4.30. The first-order valence-electron chi connectivity index (χ1n) is 5.75. The lowest BCUT2D eigenvalue weighted by molar-refractivity contribution is -0.137. The van der Waals surface area contributed by atoms with Gasteiger partial charge >= 0.3 is 5.97 Å². The molecule has 0 unspecified atom stereocenters. The molecule has 5 heteroatoms. The number of carboxylic acid groups (broad SMARTS) is 1. The highest BCUT2D eigenvalue weighted by molar-refractivity contribution is 7.10. The van der Waals surface area contributed by atoms with Crippen LogP contribution in [0.4, 0.5) is 0 Å². The van der Waals surface area contributed by atoms with Gasteiger partial charge in [0.2, 0.25) is 0 Å². The number of hydrogen-bond acceptors (Lipinski definition) is 3. The second kappa shape index (κ2) is 6.99. The molecule has 96 valence electrons. The molecule has 0 aliphatic carbocycles. The van der Waals surface area contributed by atoms with E-state index >= 15 is 0 Å². The lowest BCUT2D eigenvalue weighted by Crippen LogP contribution is -2.30. The second-order valence-corrected chi connectivity index (χ2v) is 5.25. The standard InChI is InChI=1S/C12H17NO2S.ClH/c14-12(15)3-1-2-6-13-7-4-11-10(9-13)5-8-16-11;/h5,8H,1-4,6-7,9H2,(H,14,15);1H. The van der Waals surface area contributed by atoms with Crippen LogP contribution in [0.25, 0.3) is 0 Å². The lowest BCUT2D eigenvalue weighted by atomic mass is 10.1. The van der Waals surface area contributed by atoms with E-state index in [0.29, 0.717) is 6.42 Å². The molecule has 17 heavy (non-hydrogen) atoms. The predicted octanol–water partition coefficient (Wildman–Crippen LogP) is 2.78. The highest BCUT2D eigenvalue weighted by Crippen LogP contribution is 2.24. The van der Waals surface area contributed by atoms with E-state index in [0.717, 1.165) is 38.9 Å². The molecule has 1 aliphatic heterocycles. The second-order valence-electron chi connectivity index (χ2n) is 4.25. The molecule has 0 saturated carbocycles. The third-order valence-corrected chi connectivity index (χ3v) is 4.02. The van der Waals surface area contributed by atoms with Crippen LogP contribution in [0.2, 0.25) is 0 Å². The molecule has 2 rings (SSSR count). The monoisotopic (exact) mass is 275 g/mol. The van der Waals surface area contributed by atoms with Gasteiger partial charge in [-0.25, -0.2) is 0 Å². The number of nitrogens with zero attached hydrogens (tertiary/aromatic N) is 1. The van der Waals surface area contributed by atoms with Crippen LogP contribution in [0, 0.1) is 0 Å². The number of aliphatic carboxylic acids is 1. The minimum Gasteiger partial charge on any atom is -0.481 e. The first-order chi connectivity index (χ1) is 7.75. The van der Waals surface area contributed by atoms with Crippen LogP contribution >= 0.6 is 23.7 Å². The highest BCUT2D eigenvalue weighted by Gasteiger charge is 2.16. The molecule has 1 aromatic heterocycles. The fourth-order valence-electron chi connectivity index (χ4n) is 2.11. The molecule has 1 N–H and O–H groups in total. The van der Waals surface area contributed by atoms with Crippen molar-refractivity contribution in [3.05, 3.63) is 21.9 Å². The Labute approximate surface area is 112 Å². The van der Waals surface area contributed by atoms with Gasteiger partial charge in [-0.05, 0) is 42.8 Å². The Hall–Kier alpha value is -0.580. The van der Waals surface area contributed by atoms with Crippen molar-refractivity contribution in [2.24, 2.45) is 0 Å². The number of fused-ring (bicyclic) bond motifs is 1. The summed E-state index contributed by atoms with van der Waals surface area (Å²) < 4.78 is 0. The fourth-order valence-corrected chi connectivity index (χ4v) is 3.00. The van der Waals surface area contributed by atoms with Gasteiger partial charge in [-0.2, -0.15) is 0 Å². The Morgan fingerprint density at radius 3 is 3.06 bits per heavy atom. The summed E-state index contributed by atoms with van der Waals surface area (Å²) in [5.74, 6) is -0.682. The third-order valence-electron chi connectivity index (χ3n) is 3.00. The van der Waals surface area contributed by atoms with Crippen molar-refractivity contribution in [2.45, 2.75) is 32.2 Å². The average Bonchev–Trinajstić information content (AvgIpc) is 2.71. The number of carbonyl (C=O) groups is 1. The van der Waals surface area contributed by atoms with Gasteiger partial charge in [-0.15, -0.1) is 23.7 Å². The SMILES string of the molecule is Cl.O=C(O)CCCCN1CCc2sccc2C1. The van der Waals surface area contributed by atoms with Crippen LogP contribution in [0.15, 0.2) is 11.4 Å². The van der Waals surface area contributed by atoms with Crippen molar-refractivity contribution in [2.75, 3.05) is 13.1 Å². The van der Waals surface area contributed by atoms with E-state index in [1.807, 2.05) is 11.3 Å². The maximum atomic E-state index is 10.4. The molecule has 0 radical (unpaired) electrons. The Balaban J connectivity index is 0.00000144. The van der Waals surface area contributed by atoms with E-state index in [9.17, 15) is 4.79 Å². The van der Waals surface area contributed by atoms with Gasteiger partial charge in [0.15, 0.2) is 0 Å². The predicted molar refractivity (Wildman–Crippen MR) is 72.0 cm³/mol. The first-order valence-corrected chi connectivity index (χ1v) is 6.63. The summed E-state index contributed by atoms with van der Waals surface area (Å²) in [6.07, 6.45) is 3.25. The molecule has 1 aliphatic rings. The number of rotatable bonds is 5. The summed E-state index contributed by atoms with van der Waals surface area (Å²) in [7, 11) is 0. The van der Waals surface area contributed by atoms with Gasteiger partial charge in [-0.1, -0.05) is 0 Å². The summed E-state index contributed by atoms with van der Waals surface area (Å²) in [4.78, 5) is 14.3. The van der Waals surface area contributed by atoms with Crippen molar-refractivity contribution in [1.82, 2.24) is 4.90 Å². The maximum absolute atomic E-state index is 10.4. The molecule has 3 nitrogen and oxygen atoms in total. The van der Waals surface area contributed by atoms with Crippen LogP contribution in [-0.4, -0.2) is 29.1 Å². The van der Waals surface area contributed by atoms with E-state index < -0.39 is 5.97 Å². The molecule has 0 aromatic carbocycles. The summed E-state index contributed by atoms with van der Waals surface area (Å²) >= 11 is 1.86. The smallest absolute Gasteiger partial charge is 0.303 e. The van der Waals surface area contributed by atoms with Crippen LogP contribution in [0.1, 0.15) is 29.7 Å². The number of thiophene rings is 1. The molecule has 0 bridgehead atoms. The van der Waals surface area contributed by atoms with E-state index in [1.165, 1.54) is 10.4 Å². The van der Waals surface area contributed by atoms with Crippen molar-refractivity contribution < 1.29 is 9.90 Å². The Morgan fingerprint density at radius 1 is 1.47 bits per heavy atom. The van der Waals surface area contributed by atoms with Gasteiger partial charge in [-0.3, -0.25) is 9.69 Å². The van der Waals surface area contributed by atoms with Crippen LogP contribution < -0.4 is 0 Å². The number of halogens is 1. The molecule has 0 amide bonds. The molecule has 0 fully saturated rings. The Morgan fingerprint density at radius 2 is 2.29 bits per heavy atom. The first kappa shape index (κ1) is 14.5. The number of unbranched alkanes of at least 4 members (excludes halogenated alkanes) is 1. The molecule has 0 saturated heterocycles. The average molecular weight is 276 g/mol. The van der Waals surface area contributed by atoms with Gasteiger partial charge < -0.3 is 5.11 Å². The van der Waals surface area contributed by atoms with E-state index in [4.69, 9.17) is 5.11 Å². The zero-order chi connectivity index (χ0) is 11.4. The van der Waals surface area contributed by atoms with Crippen LogP contribution in [0.5, 0.6) is 0 Å². The van der Waals surface area contributed by atoms with Crippen molar-refractivity contribution >= 4 is 29.7 Å². The molecular formula is C12H18ClNO2S. The van der Waals surface area contributed by atoms with Gasteiger partial charge in [0, 0.05) is 24.4 Å². The molecule has 2 heterocycles. The van der Waals surface area contributed by atoms with E-state index in [1.54, 1.807) is 0 Å². The zero-order valence-corrected chi connectivity index (χ0v) is 11.4. The van der Waals surface area contributed by atoms with E-state index in [2.05, 4.69) is 16.3 Å². The summed E-state index contributed by atoms with van der Waals surface area (Å²) in [6.45, 7) is 3.20. The molecule has 1 aromatic rings. The summed E-state index contributed by atoms with van der Waals surface area (Å²) in [5.41, 5.74) is 1.47. The zero-order valence-electron chi connectivity index (χ0n) is 9.72. The summed E-state index contributed by atoms with van der Waals surface area (Å²) in [5, 5.41) is 10.7. The van der Waals surface area contributed by atoms with Gasteiger partial charge in [0.25, 0.3) is 0 Å². The van der Waals surface area contributed by atoms with Gasteiger partial charge in [0.05, 0.1) is 0 Å².